The number of aromatic amines is 1. The van der Waals surface area contributed by atoms with E-state index in [0.29, 0.717) is 12.2 Å². The number of nitrogens with zero attached hydrogens (tertiary/aromatic N) is 2. The molecule has 1 heterocycles. The van der Waals surface area contributed by atoms with Crippen molar-refractivity contribution in [3.05, 3.63) is 12.2 Å². The van der Waals surface area contributed by atoms with Gasteiger partial charge in [0.2, 0.25) is 5.91 Å². The van der Waals surface area contributed by atoms with Gasteiger partial charge in [0.1, 0.15) is 25.4 Å². The van der Waals surface area contributed by atoms with Crippen LogP contribution in [0.5, 0.6) is 0 Å². The van der Waals surface area contributed by atoms with Gasteiger partial charge in [-0.25, -0.2) is 4.98 Å². The van der Waals surface area contributed by atoms with Gasteiger partial charge >= 0.3 is 6.18 Å². The number of carbonyl (C=O) groups excluding carboxylic acids is 1. The number of ether oxygens (including phenoxy) is 1. The molecule has 2 N–H and O–H groups in total. The lowest BCUT2D eigenvalue weighted by Gasteiger charge is -2.07. The molecule has 0 spiro atoms. The molecule has 0 saturated carbocycles. The number of amides is 1. The number of alkyl halides is 3. The summed E-state index contributed by atoms with van der Waals surface area (Å²) in [4.78, 5) is 14.8. The maximum absolute atomic E-state index is 11.7. The van der Waals surface area contributed by atoms with Crippen LogP contribution in [0.3, 0.4) is 0 Å². The largest absolute Gasteiger partial charge is 0.411 e. The molecule has 0 fully saturated rings. The van der Waals surface area contributed by atoms with Gasteiger partial charge < -0.3 is 10.1 Å². The predicted octanol–water partition coefficient (Wildman–Crippen LogP) is 0.0423. The third-order valence-corrected chi connectivity index (χ3v) is 1.65. The Kier molecular flexibility index (Phi) is 4.88. The molecule has 9 heteroatoms. The number of aromatic nitrogens is 3. The van der Waals surface area contributed by atoms with Crippen LogP contribution in [-0.4, -0.2) is 47.0 Å². The third-order valence-electron chi connectivity index (χ3n) is 1.65. The lowest BCUT2D eigenvalue weighted by Crippen LogP contribution is -2.31. The highest BCUT2D eigenvalue weighted by atomic mass is 19.4. The van der Waals surface area contributed by atoms with E-state index in [1.165, 1.54) is 6.33 Å². The zero-order valence-electron chi connectivity index (χ0n) is 8.75. The number of hydrogen-bond donors (Lipinski definition) is 2. The van der Waals surface area contributed by atoms with Crippen LogP contribution in [0.15, 0.2) is 6.33 Å². The van der Waals surface area contributed by atoms with Gasteiger partial charge in [-0.1, -0.05) is 0 Å². The molecular formula is C8H11F3N4O2. The Bertz CT molecular complexity index is 339. The van der Waals surface area contributed by atoms with E-state index < -0.39 is 25.3 Å². The normalized spacial score (nSPS) is 11.5. The van der Waals surface area contributed by atoms with Crippen molar-refractivity contribution in [2.75, 3.05) is 19.8 Å². The van der Waals surface area contributed by atoms with Gasteiger partial charge in [-0.15, -0.1) is 0 Å². The molecule has 1 aromatic rings. The van der Waals surface area contributed by atoms with Gasteiger partial charge in [-0.05, 0) is 0 Å². The molecule has 0 aromatic carbocycles. The quantitative estimate of drug-likeness (QED) is 0.749. The zero-order valence-corrected chi connectivity index (χ0v) is 8.75. The Morgan fingerprint density at radius 1 is 1.53 bits per heavy atom. The highest BCUT2D eigenvalue weighted by Crippen LogP contribution is 2.13. The van der Waals surface area contributed by atoms with Gasteiger partial charge in [-0.2, -0.15) is 18.3 Å². The van der Waals surface area contributed by atoms with Crippen molar-refractivity contribution < 1.29 is 22.7 Å². The monoisotopic (exact) mass is 252 g/mol. The van der Waals surface area contributed by atoms with Crippen LogP contribution in [0.4, 0.5) is 13.2 Å². The lowest BCUT2D eigenvalue weighted by atomic mass is 10.4. The summed E-state index contributed by atoms with van der Waals surface area (Å²) < 4.78 is 39.2. The molecular weight excluding hydrogens is 241 g/mol. The fourth-order valence-corrected chi connectivity index (χ4v) is 0.982. The fraction of sp³-hybridized carbons (Fsp3) is 0.625. The summed E-state index contributed by atoms with van der Waals surface area (Å²) in [6.07, 6.45) is -2.67. The fourth-order valence-electron chi connectivity index (χ4n) is 0.982. The van der Waals surface area contributed by atoms with E-state index in [2.05, 4.69) is 25.2 Å². The van der Waals surface area contributed by atoms with E-state index in [1.807, 2.05) is 0 Å². The number of H-pyrrole nitrogens is 1. The summed E-state index contributed by atoms with van der Waals surface area (Å²) in [5.74, 6) is -0.0183. The third kappa shape index (κ3) is 6.51. The summed E-state index contributed by atoms with van der Waals surface area (Å²) in [5, 5.41) is 8.57. The molecule has 0 bridgehead atoms. The van der Waals surface area contributed by atoms with Crippen molar-refractivity contribution in [2.24, 2.45) is 0 Å². The Hall–Kier alpha value is -1.64. The first-order valence-electron chi connectivity index (χ1n) is 4.73. The van der Waals surface area contributed by atoms with Crippen LogP contribution in [-0.2, 0) is 16.0 Å². The Morgan fingerprint density at radius 2 is 2.29 bits per heavy atom. The standard InChI is InChI=1S/C8H11F3N4O2/c9-8(10,11)4-17-3-7(16)12-2-1-6-13-5-14-15-6/h5H,1-4H2,(H,12,16)(H,13,14,15). The first-order valence-corrected chi connectivity index (χ1v) is 4.73. The van der Waals surface area contributed by atoms with Gasteiger partial charge in [0, 0.05) is 13.0 Å². The van der Waals surface area contributed by atoms with Gasteiger partial charge in [0.05, 0.1) is 0 Å². The summed E-state index contributed by atoms with van der Waals surface area (Å²) in [5.41, 5.74) is 0. The zero-order chi connectivity index (χ0) is 12.7. The van der Waals surface area contributed by atoms with Crippen molar-refractivity contribution in [2.45, 2.75) is 12.6 Å². The van der Waals surface area contributed by atoms with Gasteiger partial charge in [0.25, 0.3) is 0 Å². The van der Waals surface area contributed by atoms with E-state index in [4.69, 9.17) is 0 Å². The van der Waals surface area contributed by atoms with Crippen LogP contribution in [0, 0.1) is 0 Å². The average molecular weight is 252 g/mol. The topological polar surface area (TPSA) is 79.9 Å². The molecule has 0 aliphatic carbocycles. The summed E-state index contributed by atoms with van der Waals surface area (Å²) in [7, 11) is 0. The molecule has 0 saturated heterocycles. The molecule has 0 unspecified atom stereocenters. The van der Waals surface area contributed by atoms with E-state index >= 15 is 0 Å². The first-order chi connectivity index (χ1) is 7.97. The van der Waals surface area contributed by atoms with Crippen molar-refractivity contribution >= 4 is 5.91 Å². The SMILES string of the molecule is O=C(COCC(F)(F)F)NCCc1ncn[nH]1. The van der Waals surface area contributed by atoms with Gasteiger partial charge in [0.15, 0.2) is 0 Å². The average Bonchev–Trinajstić information content (AvgIpc) is 2.68. The molecule has 17 heavy (non-hydrogen) atoms. The summed E-state index contributed by atoms with van der Waals surface area (Å²) in [6.45, 7) is -1.79. The molecule has 0 radical (unpaired) electrons. The smallest absolute Gasteiger partial charge is 0.362 e. The minimum Gasteiger partial charge on any atom is -0.362 e. The second kappa shape index (κ2) is 6.18. The predicted molar refractivity (Wildman–Crippen MR) is 50.0 cm³/mol. The minimum absolute atomic E-state index is 0.253. The molecule has 1 aromatic heterocycles. The number of halogens is 3. The number of rotatable bonds is 6. The Morgan fingerprint density at radius 3 is 2.88 bits per heavy atom. The second-order valence-corrected chi connectivity index (χ2v) is 3.14. The summed E-state index contributed by atoms with van der Waals surface area (Å²) >= 11 is 0. The Labute approximate surface area is 94.6 Å². The minimum atomic E-state index is -4.42. The molecule has 0 aliphatic rings. The van der Waals surface area contributed by atoms with Crippen molar-refractivity contribution in [1.29, 1.82) is 0 Å². The number of carbonyl (C=O) groups is 1. The van der Waals surface area contributed by atoms with Crippen LogP contribution in [0.2, 0.25) is 0 Å². The van der Waals surface area contributed by atoms with E-state index in [1.54, 1.807) is 0 Å². The lowest BCUT2D eigenvalue weighted by molar-refractivity contribution is -0.175. The summed E-state index contributed by atoms with van der Waals surface area (Å²) in [6, 6.07) is 0. The van der Waals surface area contributed by atoms with Crippen molar-refractivity contribution in [1.82, 2.24) is 20.5 Å². The van der Waals surface area contributed by atoms with E-state index in [-0.39, 0.29) is 6.54 Å². The Balaban J connectivity index is 2.05. The van der Waals surface area contributed by atoms with Crippen molar-refractivity contribution in [3.63, 3.8) is 0 Å². The number of nitrogens with one attached hydrogen (secondary N) is 2. The number of hydrogen-bond acceptors (Lipinski definition) is 4. The first kappa shape index (κ1) is 13.4. The molecule has 1 amide bonds. The van der Waals surface area contributed by atoms with Crippen molar-refractivity contribution in [3.8, 4) is 0 Å². The molecule has 96 valence electrons. The van der Waals surface area contributed by atoms with E-state index in [0.717, 1.165) is 0 Å². The van der Waals surface area contributed by atoms with Gasteiger partial charge in [-0.3, -0.25) is 9.89 Å². The highest BCUT2D eigenvalue weighted by molar-refractivity contribution is 5.77. The van der Waals surface area contributed by atoms with E-state index in [9.17, 15) is 18.0 Å². The second-order valence-electron chi connectivity index (χ2n) is 3.14. The highest BCUT2D eigenvalue weighted by Gasteiger charge is 2.27. The van der Waals surface area contributed by atoms with Crippen LogP contribution in [0.1, 0.15) is 5.82 Å². The maximum atomic E-state index is 11.7. The molecule has 0 aliphatic heterocycles. The molecule has 0 atom stereocenters. The molecule has 6 nitrogen and oxygen atoms in total. The van der Waals surface area contributed by atoms with Crippen LogP contribution < -0.4 is 5.32 Å². The molecule has 1 rings (SSSR count). The van der Waals surface area contributed by atoms with Crippen LogP contribution >= 0.6 is 0 Å². The maximum Gasteiger partial charge on any atom is 0.411 e. The van der Waals surface area contributed by atoms with Crippen LogP contribution in [0.25, 0.3) is 0 Å².